The van der Waals surface area contributed by atoms with Crippen LogP contribution in [0.3, 0.4) is 0 Å². The second-order valence-corrected chi connectivity index (χ2v) is 8.08. The van der Waals surface area contributed by atoms with Crippen LogP contribution in [0, 0.1) is 12.8 Å². The Hall–Kier alpha value is -3.68. The molecule has 4 aromatic heterocycles. The van der Waals surface area contributed by atoms with Crippen LogP contribution in [-0.4, -0.2) is 42.9 Å². The maximum absolute atomic E-state index is 11.9. The van der Waals surface area contributed by atoms with E-state index in [1.54, 1.807) is 12.1 Å². The number of Topliss-reactive ketones (excluding diaryl/α,β-unsaturated/α-hetero) is 1. The Labute approximate surface area is 178 Å². The Balaban J connectivity index is 1.77. The van der Waals surface area contributed by atoms with Crippen molar-refractivity contribution in [1.82, 2.24) is 18.9 Å². The zero-order valence-electron chi connectivity index (χ0n) is 17.5. The molecule has 8 nitrogen and oxygen atoms in total. The Morgan fingerprint density at radius 3 is 2.61 bits per heavy atom. The molecule has 8 heteroatoms. The van der Waals surface area contributed by atoms with Gasteiger partial charge in [-0.1, -0.05) is 0 Å². The number of fused-ring (bicyclic) bond motifs is 2. The molecule has 0 bridgehead atoms. The van der Waals surface area contributed by atoms with Gasteiger partial charge in [-0.2, -0.15) is 0 Å². The van der Waals surface area contributed by atoms with Gasteiger partial charge in [-0.3, -0.25) is 9.20 Å². The van der Waals surface area contributed by atoms with Gasteiger partial charge in [0.1, 0.15) is 22.7 Å². The Morgan fingerprint density at radius 1 is 1.19 bits per heavy atom. The number of imidazole rings is 1. The van der Waals surface area contributed by atoms with E-state index in [0.717, 1.165) is 34.7 Å². The monoisotopic (exact) mass is 418 g/mol. The summed E-state index contributed by atoms with van der Waals surface area (Å²) in [6.45, 7) is 4.26. The van der Waals surface area contributed by atoms with Crippen LogP contribution in [0.25, 0.3) is 28.1 Å². The summed E-state index contributed by atoms with van der Waals surface area (Å²) in [6, 6.07) is 8.73. The van der Waals surface area contributed by atoms with E-state index >= 15 is 0 Å². The fourth-order valence-corrected chi connectivity index (χ4v) is 4.06. The molecule has 1 N–H and O–H groups in total. The number of carboxylic acids is 1. The van der Waals surface area contributed by atoms with E-state index in [1.165, 1.54) is 32.9 Å². The summed E-state index contributed by atoms with van der Waals surface area (Å²) >= 11 is 0. The van der Waals surface area contributed by atoms with Gasteiger partial charge in [0.15, 0.2) is 11.7 Å². The first-order chi connectivity index (χ1) is 14.9. The molecule has 0 saturated heterocycles. The zero-order chi connectivity index (χ0) is 21.9. The summed E-state index contributed by atoms with van der Waals surface area (Å²) in [5.41, 5.74) is 4.31. The Bertz CT molecular complexity index is 1380. The van der Waals surface area contributed by atoms with Gasteiger partial charge in [0.2, 0.25) is 0 Å². The molecule has 0 aliphatic heterocycles. The summed E-state index contributed by atoms with van der Waals surface area (Å²) in [5, 5.41) is 10.4. The Kier molecular flexibility index (Phi) is 4.32. The van der Waals surface area contributed by atoms with E-state index < -0.39 is 5.97 Å². The van der Waals surface area contributed by atoms with Crippen molar-refractivity contribution < 1.29 is 19.4 Å². The van der Waals surface area contributed by atoms with Gasteiger partial charge in [-0.05, 0) is 49.9 Å². The van der Waals surface area contributed by atoms with Gasteiger partial charge in [-0.15, -0.1) is 0 Å². The van der Waals surface area contributed by atoms with Crippen molar-refractivity contribution in [3.05, 3.63) is 47.3 Å². The minimum absolute atomic E-state index is 0.0718. The summed E-state index contributed by atoms with van der Waals surface area (Å²) in [7, 11) is 1.51. The lowest BCUT2D eigenvalue weighted by Gasteiger charge is -2.10. The molecular weight excluding hydrogens is 396 g/mol. The molecular formula is C23H22N4O4. The van der Waals surface area contributed by atoms with Crippen molar-refractivity contribution in [2.45, 2.75) is 33.2 Å². The predicted octanol–water partition coefficient (Wildman–Crippen LogP) is 3.98. The highest BCUT2D eigenvalue weighted by molar-refractivity contribution is 5.95. The highest BCUT2D eigenvalue weighted by Crippen LogP contribution is 2.37. The molecule has 5 rings (SSSR count). The van der Waals surface area contributed by atoms with Gasteiger partial charge >= 0.3 is 5.97 Å². The average Bonchev–Trinajstić information content (AvgIpc) is 3.42. The number of nitrogens with zero attached hydrogens (tertiary/aromatic N) is 4. The first kappa shape index (κ1) is 19.3. The van der Waals surface area contributed by atoms with Crippen molar-refractivity contribution in [1.29, 1.82) is 0 Å². The number of ketones is 1. The van der Waals surface area contributed by atoms with Gasteiger partial charge in [0.25, 0.3) is 0 Å². The molecule has 0 amide bonds. The molecule has 1 saturated carbocycles. The molecule has 0 unspecified atom stereocenters. The third kappa shape index (κ3) is 3.15. The minimum Gasteiger partial charge on any atom is -0.482 e. The molecule has 0 spiro atoms. The second kappa shape index (κ2) is 6.94. The zero-order valence-corrected chi connectivity index (χ0v) is 17.5. The molecule has 0 aromatic carbocycles. The fraction of sp³-hybridized carbons (Fsp3) is 0.304. The van der Waals surface area contributed by atoms with E-state index in [9.17, 15) is 14.7 Å². The number of aryl methyl sites for hydroxylation is 1. The summed E-state index contributed by atoms with van der Waals surface area (Å²) < 4.78 is 9.41. The first-order valence-electron chi connectivity index (χ1n) is 10.2. The molecule has 1 aliphatic rings. The lowest BCUT2D eigenvalue weighted by molar-refractivity contribution is 0.0696. The maximum Gasteiger partial charge on any atom is 0.336 e. The van der Waals surface area contributed by atoms with Crippen LogP contribution in [0.4, 0.5) is 0 Å². The van der Waals surface area contributed by atoms with Crippen LogP contribution in [-0.2, 0) is 6.54 Å². The summed E-state index contributed by atoms with van der Waals surface area (Å²) in [6.07, 6.45) is 2.34. The van der Waals surface area contributed by atoms with Crippen LogP contribution in [0.5, 0.6) is 5.88 Å². The van der Waals surface area contributed by atoms with Gasteiger partial charge in [0, 0.05) is 24.9 Å². The number of aromatic nitrogens is 4. The first-order valence-corrected chi connectivity index (χ1v) is 10.2. The van der Waals surface area contributed by atoms with Crippen LogP contribution in [0.15, 0.2) is 30.3 Å². The predicted molar refractivity (Wildman–Crippen MR) is 115 cm³/mol. The normalized spacial score (nSPS) is 13.8. The summed E-state index contributed by atoms with van der Waals surface area (Å²) in [4.78, 5) is 32.8. The van der Waals surface area contributed by atoms with Crippen LogP contribution >= 0.6 is 0 Å². The SMILES string of the molecule is COc1cc(C(=O)O)cc2nc(-c3cc4ccc(C(C)=O)nc4n3CC3CC3)c(C)n12. The van der Waals surface area contributed by atoms with Gasteiger partial charge in [-0.25, -0.2) is 14.8 Å². The van der Waals surface area contributed by atoms with E-state index in [4.69, 9.17) is 9.72 Å². The number of ether oxygens (including phenoxy) is 1. The van der Waals surface area contributed by atoms with E-state index in [1.807, 2.05) is 23.5 Å². The second-order valence-electron chi connectivity index (χ2n) is 8.08. The van der Waals surface area contributed by atoms with Crippen LogP contribution in [0.1, 0.15) is 46.3 Å². The van der Waals surface area contributed by atoms with Crippen molar-refractivity contribution in [3.63, 3.8) is 0 Å². The van der Waals surface area contributed by atoms with Gasteiger partial charge in [0.05, 0.1) is 24.1 Å². The largest absolute Gasteiger partial charge is 0.482 e. The molecule has 4 aromatic rings. The third-order valence-corrected chi connectivity index (χ3v) is 5.86. The number of methoxy groups -OCH3 is 1. The molecule has 0 atom stereocenters. The lowest BCUT2D eigenvalue weighted by atomic mass is 10.2. The van der Waals surface area contributed by atoms with E-state index in [0.29, 0.717) is 23.1 Å². The van der Waals surface area contributed by atoms with Crippen molar-refractivity contribution in [2.75, 3.05) is 7.11 Å². The number of rotatable bonds is 6. The van der Waals surface area contributed by atoms with Crippen LogP contribution in [0.2, 0.25) is 0 Å². The van der Waals surface area contributed by atoms with E-state index in [2.05, 4.69) is 9.55 Å². The smallest absolute Gasteiger partial charge is 0.336 e. The number of carboxylic acid groups (broad SMARTS) is 1. The van der Waals surface area contributed by atoms with Gasteiger partial charge < -0.3 is 14.4 Å². The van der Waals surface area contributed by atoms with Crippen molar-refractivity contribution >= 4 is 28.4 Å². The Morgan fingerprint density at radius 2 is 1.97 bits per heavy atom. The molecule has 31 heavy (non-hydrogen) atoms. The van der Waals surface area contributed by atoms with E-state index in [-0.39, 0.29) is 11.3 Å². The summed E-state index contributed by atoms with van der Waals surface area (Å²) in [5.74, 6) is -0.111. The van der Waals surface area contributed by atoms with Crippen molar-refractivity contribution in [2.24, 2.45) is 5.92 Å². The minimum atomic E-state index is -1.04. The number of carbonyl (C=O) groups is 2. The molecule has 0 radical (unpaired) electrons. The molecule has 1 aliphatic carbocycles. The topological polar surface area (TPSA) is 98.7 Å². The number of hydrogen-bond acceptors (Lipinski definition) is 5. The molecule has 158 valence electrons. The number of aromatic carboxylic acids is 1. The quantitative estimate of drug-likeness (QED) is 0.476. The number of carbonyl (C=O) groups excluding carboxylic acids is 1. The third-order valence-electron chi connectivity index (χ3n) is 5.86. The number of hydrogen-bond donors (Lipinski definition) is 1. The maximum atomic E-state index is 11.9. The fourth-order valence-electron chi connectivity index (χ4n) is 4.06. The van der Waals surface area contributed by atoms with Crippen molar-refractivity contribution in [3.8, 4) is 17.3 Å². The van der Waals surface area contributed by atoms with Crippen LogP contribution < -0.4 is 4.74 Å². The number of pyridine rings is 2. The standard InChI is InChI=1S/C23H22N4O4/c1-12-21(25-19-9-16(23(29)30)10-20(31-3)27(12)19)18-8-15-6-7-17(13(2)28)24-22(15)26(18)11-14-4-5-14/h6-10,14H,4-5,11H2,1-3H3,(H,29,30). The highest BCUT2D eigenvalue weighted by Gasteiger charge is 2.27. The average molecular weight is 418 g/mol. The highest BCUT2D eigenvalue weighted by atomic mass is 16.5. The lowest BCUT2D eigenvalue weighted by Crippen LogP contribution is -2.05. The molecule has 4 heterocycles. The molecule has 1 fully saturated rings.